The number of hydrogen-bond acceptors (Lipinski definition) is 3. The summed E-state index contributed by atoms with van der Waals surface area (Å²) in [5.74, 6) is 0.0233. The van der Waals surface area contributed by atoms with Gasteiger partial charge in [-0.3, -0.25) is 0 Å². The third-order valence-electron chi connectivity index (χ3n) is 4.30. The van der Waals surface area contributed by atoms with Crippen LogP contribution in [0.3, 0.4) is 0 Å². The van der Waals surface area contributed by atoms with E-state index in [-0.39, 0.29) is 11.8 Å². The molecule has 136 valence electrons. The van der Waals surface area contributed by atoms with Crippen molar-refractivity contribution in [1.82, 2.24) is 4.31 Å². The van der Waals surface area contributed by atoms with Gasteiger partial charge in [0, 0.05) is 17.5 Å². The first-order valence-corrected chi connectivity index (χ1v) is 11.1. The summed E-state index contributed by atoms with van der Waals surface area (Å²) in [5, 5.41) is 2.03. The largest absolute Gasteiger partial charge is 0.218 e. The molecule has 0 radical (unpaired) electrons. The number of rotatable bonds is 8. The van der Waals surface area contributed by atoms with Crippen molar-refractivity contribution < 1.29 is 8.42 Å². The second-order valence-corrected chi connectivity index (χ2v) is 9.36. The molecule has 3 aromatic rings. The van der Waals surface area contributed by atoms with E-state index in [1.165, 1.54) is 4.88 Å². The number of hydrogen-bond donors (Lipinski definition) is 0. The number of thiophene rings is 1. The molecular formula is C21H23NO2S2. The predicted molar refractivity (Wildman–Crippen MR) is 109 cm³/mol. The summed E-state index contributed by atoms with van der Waals surface area (Å²) in [7, 11) is -3.44. The predicted octanol–water partition coefficient (Wildman–Crippen LogP) is 4.71. The number of nitrogens with zero attached hydrogens (tertiary/aromatic N) is 1. The fourth-order valence-corrected chi connectivity index (χ4v) is 5.56. The van der Waals surface area contributed by atoms with Crippen LogP contribution in [0, 0.1) is 0 Å². The monoisotopic (exact) mass is 385 g/mol. The van der Waals surface area contributed by atoms with E-state index in [4.69, 9.17) is 0 Å². The lowest BCUT2D eigenvalue weighted by Crippen LogP contribution is -2.39. The summed E-state index contributed by atoms with van der Waals surface area (Å²) in [6.45, 7) is 2.38. The summed E-state index contributed by atoms with van der Waals surface area (Å²) in [5.41, 5.74) is 1.82. The van der Waals surface area contributed by atoms with Crippen molar-refractivity contribution in [2.75, 3.05) is 0 Å². The molecule has 0 bridgehead atoms. The Morgan fingerprint density at radius 2 is 1.50 bits per heavy atom. The number of sulfonamides is 1. The number of benzene rings is 2. The molecule has 26 heavy (non-hydrogen) atoms. The third-order valence-corrected chi connectivity index (χ3v) is 7.10. The maximum atomic E-state index is 13.2. The van der Waals surface area contributed by atoms with Crippen LogP contribution in [0.25, 0.3) is 0 Å². The zero-order valence-electron chi connectivity index (χ0n) is 14.8. The SMILES string of the molecule is C[C@@H](Cc1cccs1)N(Cc1ccccc1)S(=O)(=O)Cc1ccccc1. The molecule has 0 fully saturated rings. The summed E-state index contributed by atoms with van der Waals surface area (Å²) in [6.07, 6.45) is 0.721. The Morgan fingerprint density at radius 1 is 0.885 bits per heavy atom. The summed E-state index contributed by atoms with van der Waals surface area (Å²) >= 11 is 1.67. The fourth-order valence-electron chi connectivity index (χ4n) is 2.98. The standard InChI is InChI=1S/C21H23NO2S2/c1-18(15-21-13-8-14-25-21)22(16-19-9-4-2-5-10-19)26(23,24)17-20-11-6-3-7-12-20/h2-14,18H,15-17H2,1H3/t18-/m0/s1. The molecule has 3 rings (SSSR count). The van der Waals surface area contributed by atoms with Crippen LogP contribution in [0.5, 0.6) is 0 Å². The van der Waals surface area contributed by atoms with Gasteiger partial charge in [0.05, 0.1) is 5.75 Å². The molecule has 0 aliphatic rings. The lowest BCUT2D eigenvalue weighted by atomic mass is 10.1. The lowest BCUT2D eigenvalue weighted by Gasteiger charge is -2.28. The lowest BCUT2D eigenvalue weighted by molar-refractivity contribution is 0.328. The van der Waals surface area contributed by atoms with Crippen molar-refractivity contribution in [3.63, 3.8) is 0 Å². The highest BCUT2D eigenvalue weighted by atomic mass is 32.2. The van der Waals surface area contributed by atoms with Crippen molar-refractivity contribution in [3.05, 3.63) is 94.2 Å². The molecule has 0 saturated heterocycles. The molecule has 2 aromatic carbocycles. The van der Waals surface area contributed by atoms with E-state index in [9.17, 15) is 8.42 Å². The minimum Gasteiger partial charge on any atom is -0.212 e. The Hall–Kier alpha value is -1.95. The van der Waals surface area contributed by atoms with Crippen LogP contribution in [0.1, 0.15) is 22.9 Å². The van der Waals surface area contributed by atoms with Crippen LogP contribution in [0.2, 0.25) is 0 Å². The highest BCUT2D eigenvalue weighted by molar-refractivity contribution is 7.88. The van der Waals surface area contributed by atoms with Crippen molar-refractivity contribution in [1.29, 1.82) is 0 Å². The van der Waals surface area contributed by atoms with Gasteiger partial charge in [0.15, 0.2) is 0 Å². The second-order valence-electron chi connectivity index (χ2n) is 6.41. The second kappa shape index (κ2) is 8.62. The average Bonchev–Trinajstić information content (AvgIpc) is 3.14. The molecule has 1 atom stereocenters. The normalized spacial score (nSPS) is 13.0. The van der Waals surface area contributed by atoms with Crippen LogP contribution in [-0.2, 0) is 28.7 Å². The van der Waals surface area contributed by atoms with Crippen molar-refractivity contribution in [2.45, 2.75) is 31.7 Å². The molecule has 0 aliphatic heterocycles. The Morgan fingerprint density at radius 3 is 2.08 bits per heavy atom. The molecule has 0 N–H and O–H groups in total. The Bertz CT molecular complexity index is 892. The van der Waals surface area contributed by atoms with Crippen LogP contribution in [0.4, 0.5) is 0 Å². The van der Waals surface area contributed by atoms with Crippen LogP contribution >= 0.6 is 11.3 Å². The molecule has 1 heterocycles. The quantitative estimate of drug-likeness (QED) is 0.563. The molecule has 0 amide bonds. The smallest absolute Gasteiger partial charge is 0.212 e. The molecule has 0 spiro atoms. The van der Waals surface area contributed by atoms with E-state index in [0.717, 1.165) is 17.5 Å². The van der Waals surface area contributed by atoms with Gasteiger partial charge >= 0.3 is 0 Å². The average molecular weight is 386 g/mol. The maximum absolute atomic E-state index is 13.2. The molecule has 0 unspecified atom stereocenters. The van der Waals surface area contributed by atoms with Gasteiger partial charge < -0.3 is 0 Å². The molecule has 3 nitrogen and oxygen atoms in total. The first-order chi connectivity index (χ1) is 12.5. The van der Waals surface area contributed by atoms with Crippen molar-refractivity contribution in [2.24, 2.45) is 0 Å². The Kier molecular flexibility index (Phi) is 6.25. The van der Waals surface area contributed by atoms with Gasteiger partial charge in [0.2, 0.25) is 10.0 Å². The summed E-state index contributed by atoms with van der Waals surface area (Å²) < 4.78 is 28.1. The van der Waals surface area contributed by atoms with Gasteiger partial charge in [0.25, 0.3) is 0 Å². The van der Waals surface area contributed by atoms with Gasteiger partial charge in [-0.25, -0.2) is 8.42 Å². The van der Waals surface area contributed by atoms with E-state index in [2.05, 4.69) is 6.07 Å². The van der Waals surface area contributed by atoms with Crippen LogP contribution < -0.4 is 0 Å². The minimum absolute atomic E-state index is 0.0233. The highest BCUT2D eigenvalue weighted by Gasteiger charge is 2.28. The van der Waals surface area contributed by atoms with Gasteiger partial charge in [-0.15, -0.1) is 11.3 Å². The maximum Gasteiger partial charge on any atom is 0.218 e. The Balaban J connectivity index is 1.85. The van der Waals surface area contributed by atoms with Gasteiger partial charge in [0.1, 0.15) is 0 Å². The Labute approximate surface area is 160 Å². The topological polar surface area (TPSA) is 37.4 Å². The first-order valence-electron chi connectivity index (χ1n) is 8.64. The highest BCUT2D eigenvalue weighted by Crippen LogP contribution is 2.21. The molecule has 5 heteroatoms. The molecule has 0 aliphatic carbocycles. The van der Waals surface area contributed by atoms with Crippen LogP contribution in [-0.4, -0.2) is 18.8 Å². The third kappa shape index (κ3) is 5.04. The minimum atomic E-state index is -3.44. The van der Waals surface area contributed by atoms with Crippen molar-refractivity contribution >= 4 is 21.4 Å². The van der Waals surface area contributed by atoms with E-state index in [0.29, 0.717) is 6.54 Å². The van der Waals surface area contributed by atoms with E-state index >= 15 is 0 Å². The zero-order valence-corrected chi connectivity index (χ0v) is 16.4. The van der Waals surface area contributed by atoms with E-state index in [1.54, 1.807) is 15.6 Å². The molecule has 1 aromatic heterocycles. The van der Waals surface area contributed by atoms with Crippen LogP contribution in [0.15, 0.2) is 78.2 Å². The van der Waals surface area contributed by atoms with Gasteiger partial charge in [-0.1, -0.05) is 66.7 Å². The van der Waals surface area contributed by atoms with Gasteiger partial charge in [-0.2, -0.15) is 4.31 Å². The van der Waals surface area contributed by atoms with E-state index < -0.39 is 10.0 Å². The van der Waals surface area contributed by atoms with Crippen molar-refractivity contribution in [3.8, 4) is 0 Å². The fraction of sp³-hybridized carbons (Fsp3) is 0.238. The first kappa shape index (κ1) is 18.8. The zero-order chi connectivity index (χ0) is 18.4. The molecular weight excluding hydrogens is 362 g/mol. The summed E-state index contributed by atoms with van der Waals surface area (Å²) in [6, 6.07) is 23.1. The summed E-state index contributed by atoms with van der Waals surface area (Å²) in [4.78, 5) is 1.20. The van der Waals surface area contributed by atoms with Gasteiger partial charge in [-0.05, 0) is 35.9 Å². The van der Waals surface area contributed by atoms with E-state index in [1.807, 2.05) is 79.0 Å². The molecule has 0 saturated carbocycles.